The van der Waals surface area contributed by atoms with E-state index in [1.54, 1.807) is 0 Å². The topological polar surface area (TPSA) is 37.3 Å². The van der Waals surface area contributed by atoms with Gasteiger partial charge in [-0.2, -0.15) is 0 Å². The number of hydrogen-bond acceptors (Lipinski definition) is 1. The lowest BCUT2D eigenvalue weighted by atomic mass is 9.62. The smallest absolute Gasteiger partial charge is 0.328 e. The second-order valence-electron chi connectivity index (χ2n) is 9.45. The molecule has 1 aromatic carbocycles. The largest absolute Gasteiger partial charge is 0.478 e. The highest BCUT2D eigenvalue weighted by atomic mass is 16.4. The maximum absolute atomic E-state index is 11.2. The zero-order valence-electron chi connectivity index (χ0n) is 15.3. The van der Waals surface area contributed by atoms with E-state index in [2.05, 4.69) is 45.9 Å². The molecule has 4 rings (SSSR count). The van der Waals surface area contributed by atoms with Gasteiger partial charge in [-0.3, -0.25) is 0 Å². The van der Waals surface area contributed by atoms with E-state index >= 15 is 0 Å². The predicted octanol–water partition coefficient (Wildman–Crippen LogP) is 5.10. The highest BCUT2D eigenvalue weighted by Crippen LogP contribution is 2.67. The number of benzene rings is 1. The molecule has 0 heterocycles. The number of carboxylic acids is 1. The van der Waals surface area contributed by atoms with Gasteiger partial charge in [0.2, 0.25) is 0 Å². The first-order chi connectivity index (χ1) is 11.2. The molecule has 0 spiro atoms. The van der Waals surface area contributed by atoms with Crippen LogP contribution in [-0.2, 0) is 21.0 Å². The molecule has 1 aromatic rings. The third-order valence-electron chi connectivity index (χ3n) is 7.11. The van der Waals surface area contributed by atoms with Crippen molar-refractivity contribution >= 4 is 5.97 Å². The Labute approximate surface area is 145 Å². The number of fused-ring (bicyclic) bond motifs is 2. The van der Waals surface area contributed by atoms with Crippen LogP contribution in [0.3, 0.4) is 0 Å². The molecule has 0 saturated heterocycles. The number of carboxylic acid groups (broad SMARTS) is 1. The van der Waals surface area contributed by atoms with Crippen LogP contribution in [0.4, 0.5) is 0 Å². The monoisotopic (exact) mass is 324 g/mol. The second-order valence-corrected chi connectivity index (χ2v) is 9.45. The zero-order valence-corrected chi connectivity index (χ0v) is 15.3. The Morgan fingerprint density at radius 2 is 1.79 bits per heavy atom. The molecule has 2 atom stereocenters. The van der Waals surface area contributed by atoms with Gasteiger partial charge in [0.05, 0.1) is 0 Å². The Balaban J connectivity index is 1.84. The molecule has 24 heavy (non-hydrogen) atoms. The average Bonchev–Trinajstić information content (AvgIpc) is 3.15. The van der Waals surface area contributed by atoms with Gasteiger partial charge in [0.25, 0.3) is 0 Å². The van der Waals surface area contributed by atoms with Crippen molar-refractivity contribution in [3.63, 3.8) is 0 Å². The summed E-state index contributed by atoms with van der Waals surface area (Å²) in [6, 6.07) is 7.06. The third kappa shape index (κ3) is 2.11. The summed E-state index contributed by atoms with van der Waals surface area (Å²) in [5.74, 6) is -0.141. The molecule has 0 radical (unpaired) electrons. The number of aliphatic carboxylic acids is 1. The van der Waals surface area contributed by atoms with Crippen LogP contribution in [0.2, 0.25) is 0 Å². The Kier molecular flexibility index (Phi) is 3.15. The first-order valence-corrected chi connectivity index (χ1v) is 9.26. The van der Waals surface area contributed by atoms with Crippen molar-refractivity contribution in [1.82, 2.24) is 0 Å². The molecule has 0 amide bonds. The lowest BCUT2D eigenvalue weighted by Gasteiger charge is -2.42. The standard InChI is InChI=1S/C22H28O2/c1-20(2)9-10-21(3,4)18-11-14(7-8-17(18)20)22-13-16(22)6-5-15(22)12-19(23)24/h7-8,11-12,16H,5-6,9-10,13H2,1-4H3,(H,23,24)/b15-12-. The van der Waals surface area contributed by atoms with Crippen LogP contribution >= 0.6 is 0 Å². The second kappa shape index (κ2) is 4.74. The first kappa shape index (κ1) is 15.9. The molecule has 3 aliphatic carbocycles. The summed E-state index contributed by atoms with van der Waals surface area (Å²) < 4.78 is 0. The van der Waals surface area contributed by atoms with E-state index in [1.807, 2.05) is 0 Å². The van der Waals surface area contributed by atoms with Crippen LogP contribution in [0, 0.1) is 5.92 Å². The van der Waals surface area contributed by atoms with Crippen molar-refractivity contribution in [2.75, 3.05) is 0 Å². The van der Waals surface area contributed by atoms with Gasteiger partial charge >= 0.3 is 5.97 Å². The number of allylic oxidation sites excluding steroid dienone is 1. The minimum absolute atomic E-state index is 0.0328. The Morgan fingerprint density at radius 1 is 1.12 bits per heavy atom. The van der Waals surface area contributed by atoms with Crippen LogP contribution in [0.1, 0.15) is 76.5 Å². The highest BCUT2D eigenvalue weighted by molar-refractivity contribution is 5.82. The molecular formula is C22H28O2. The lowest BCUT2D eigenvalue weighted by Crippen LogP contribution is -2.34. The summed E-state index contributed by atoms with van der Waals surface area (Å²) in [5.41, 5.74) is 5.95. The van der Waals surface area contributed by atoms with Gasteiger partial charge in [0.15, 0.2) is 0 Å². The van der Waals surface area contributed by atoms with E-state index in [-0.39, 0.29) is 16.2 Å². The minimum Gasteiger partial charge on any atom is -0.478 e. The normalized spacial score (nSPS) is 33.8. The van der Waals surface area contributed by atoms with Crippen molar-refractivity contribution in [2.45, 2.75) is 76.0 Å². The molecule has 0 aromatic heterocycles. The summed E-state index contributed by atoms with van der Waals surface area (Å²) in [5, 5.41) is 9.24. The molecule has 128 valence electrons. The summed E-state index contributed by atoms with van der Waals surface area (Å²) in [7, 11) is 0. The van der Waals surface area contributed by atoms with Crippen LogP contribution in [0.5, 0.6) is 0 Å². The van der Waals surface area contributed by atoms with Gasteiger partial charge in [-0.1, -0.05) is 51.5 Å². The molecular weight excluding hydrogens is 296 g/mol. The summed E-state index contributed by atoms with van der Waals surface area (Å²) >= 11 is 0. The van der Waals surface area contributed by atoms with Crippen LogP contribution in [0.25, 0.3) is 0 Å². The molecule has 2 saturated carbocycles. The Bertz CT molecular complexity index is 753. The van der Waals surface area contributed by atoms with Crippen LogP contribution in [0.15, 0.2) is 29.8 Å². The summed E-state index contributed by atoms with van der Waals surface area (Å²) in [6.07, 6.45) is 7.15. The first-order valence-electron chi connectivity index (χ1n) is 9.26. The van der Waals surface area contributed by atoms with Gasteiger partial charge in [0, 0.05) is 11.5 Å². The maximum atomic E-state index is 11.2. The number of hydrogen-bond donors (Lipinski definition) is 1. The fraction of sp³-hybridized carbons (Fsp3) is 0.591. The Morgan fingerprint density at radius 3 is 2.42 bits per heavy atom. The Hall–Kier alpha value is -1.57. The number of carbonyl (C=O) groups is 1. The molecule has 3 aliphatic rings. The van der Waals surface area contributed by atoms with Gasteiger partial charge in [-0.15, -0.1) is 0 Å². The third-order valence-corrected chi connectivity index (χ3v) is 7.11. The van der Waals surface area contributed by atoms with Gasteiger partial charge in [-0.25, -0.2) is 4.79 Å². The summed E-state index contributed by atoms with van der Waals surface area (Å²) in [4.78, 5) is 11.2. The molecule has 0 aliphatic heterocycles. The van der Waals surface area contributed by atoms with E-state index in [9.17, 15) is 9.90 Å². The van der Waals surface area contributed by atoms with Crippen molar-refractivity contribution in [1.29, 1.82) is 0 Å². The molecule has 2 nitrogen and oxygen atoms in total. The van der Waals surface area contributed by atoms with Crippen molar-refractivity contribution in [2.24, 2.45) is 5.92 Å². The quantitative estimate of drug-likeness (QED) is 0.769. The van der Waals surface area contributed by atoms with Crippen molar-refractivity contribution in [3.8, 4) is 0 Å². The van der Waals surface area contributed by atoms with Gasteiger partial charge in [-0.05, 0) is 65.5 Å². The highest BCUT2D eigenvalue weighted by Gasteiger charge is 2.61. The SMILES string of the molecule is CC1(C)CCC(C)(C)c2cc(C34CC3CC/C4=C/C(=O)O)ccc21. The van der Waals surface area contributed by atoms with Gasteiger partial charge < -0.3 is 5.11 Å². The van der Waals surface area contributed by atoms with Crippen LogP contribution in [-0.4, -0.2) is 11.1 Å². The predicted molar refractivity (Wildman–Crippen MR) is 96.5 cm³/mol. The fourth-order valence-corrected chi connectivity index (χ4v) is 5.38. The van der Waals surface area contributed by atoms with E-state index < -0.39 is 5.97 Å². The molecule has 2 heteroatoms. The number of rotatable bonds is 2. The molecule has 0 bridgehead atoms. The minimum atomic E-state index is -0.795. The van der Waals surface area contributed by atoms with Crippen LogP contribution < -0.4 is 0 Å². The molecule has 2 fully saturated rings. The summed E-state index contributed by atoms with van der Waals surface area (Å²) in [6.45, 7) is 9.42. The fourth-order valence-electron chi connectivity index (χ4n) is 5.38. The van der Waals surface area contributed by atoms with E-state index in [0.29, 0.717) is 5.92 Å². The van der Waals surface area contributed by atoms with E-state index in [1.165, 1.54) is 35.6 Å². The van der Waals surface area contributed by atoms with Crippen molar-refractivity contribution < 1.29 is 9.90 Å². The van der Waals surface area contributed by atoms with E-state index in [0.717, 1.165) is 24.8 Å². The molecule has 2 unspecified atom stereocenters. The van der Waals surface area contributed by atoms with E-state index in [4.69, 9.17) is 0 Å². The molecule has 1 N–H and O–H groups in total. The van der Waals surface area contributed by atoms with Gasteiger partial charge in [0.1, 0.15) is 0 Å². The lowest BCUT2D eigenvalue weighted by molar-refractivity contribution is -0.131. The average molecular weight is 324 g/mol. The maximum Gasteiger partial charge on any atom is 0.328 e. The van der Waals surface area contributed by atoms with Crippen molar-refractivity contribution in [3.05, 3.63) is 46.5 Å². The zero-order chi connectivity index (χ0) is 17.3.